The third-order valence-electron chi connectivity index (χ3n) is 2.26. The number of fused-ring (bicyclic) bond motifs is 1. The van der Waals surface area contributed by atoms with Crippen molar-refractivity contribution in [3.05, 3.63) is 47.1 Å². The minimum absolute atomic E-state index is 0.197. The van der Waals surface area contributed by atoms with E-state index in [1.165, 1.54) is 16.8 Å². The predicted molar refractivity (Wildman–Crippen MR) is 55.2 cm³/mol. The fourth-order valence-corrected chi connectivity index (χ4v) is 1.57. The highest BCUT2D eigenvalue weighted by Gasteiger charge is 2.08. The normalized spacial score (nSPS) is 10.8. The number of hydrogen-bond donors (Lipinski definition) is 0. The maximum Gasteiger partial charge on any atom is 0.259 e. The predicted octanol–water partition coefficient (Wildman–Crippen LogP) is 0.769. The lowest BCUT2D eigenvalue weighted by Crippen LogP contribution is -2.16. The molecule has 78 valence electrons. The molecule has 16 heavy (non-hydrogen) atoms. The average Bonchev–Trinajstić information content (AvgIpc) is 2.82. The van der Waals surface area contributed by atoms with Crippen LogP contribution in [0.4, 0.5) is 0 Å². The Bertz CT molecular complexity index is 687. The first-order valence-corrected chi connectivity index (χ1v) is 4.60. The Labute approximate surface area is 89.1 Å². The van der Waals surface area contributed by atoms with Gasteiger partial charge >= 0.3 is 0 Å². The molecular weight excluding hydrogens is 208 g/mol. The third kappa shape index (κ3) is 1.20. The van der Waals surface area contributed by atoms with E-state index >= 15 is 0 Å². The van der Waals surface area contributed by atoms with Crippen molar-refractivity contribution in [3.63, 3.8) is 0 Å². The summed E-state index contributed by atoms with van der Waals surface area (Å²) in [5.41, 5.74) is 0.512. The van der Waals surface area contributed by atoms with Gasteiger partial charge in [-0.3, -0.25) is 9.78 Å². The first-order chi connectivity index (χ1) is 7.86. The van der Waals surface area contributed by atoms with Crippen molar-refractivity contribution in [3.8, 4) is 5.88 Å². The molecule has 3 aromatic rings. The van der Waals surface area contributed by atoms with Crippen LogP contribution in [0.2, 0.25) is 0 Å². The first kappa shape index (κ1) is 8.78. The number of rotatable bonds is 1. The summed E-state index contributed by atoms with van der Waals surface area (Å²) in [6.07, 6.45) is 4.68. The minimum Gasteiger partial charge on any atom is -0.318 e. The molecule has 0 aliphatic rings. The minimum atomic E-state index is -0.197. The molecule has 3 rings (SSSR count). The molecule has 0 aliphatic heterocycles. The quantitative estimate of drug-likeness (QED) is 0.598. The Kier molecular flexibility index (Phi) is 1.79. The molecule has 0 bridgehead atoms. The van der Waals surface area contributed by atoms with Gasteiger partial charge in [0.05, 0.1) is 5.52 Å². The van der Waals surface area contributed by atoms with Crippen LogP contribution in [0.1, 0.15) is 0 Å². The molecule has 0 aromatic carbocycles. The van der Waals surface area contributed by atoms with Gasteiger partial charge < -0.3 is 4.52 Å². The molecule has 0 atom stereocenters. The van der Waals surface area contributed by atoms with Crippen LogP contribution in [0.15, 0.2) is 46.1 Å². The van der Waals surface area contributed by atoms with Crippen LogP contribution in [-0.4, -0.2) is 19.9 Å². The van der Waals surface area contributed by atoms with Crippen LogP contribution >= 0.6 is 0 Å². The molecule has 0 fully saturated rings. The molecular formula is C10H6N4O2. The van der Waals surface area contributed by atoms with Crippen molar-refractivity contribution in [2.75, 3.05) is 0 Å². The van der Waals surface area contributed by atoms with Crippen LogP contribution in [0.25, 0.3) is 16.8 Å². The zero-order valence-electron chi connectivity index (χ0n) is 8.07. The maximum absolute atomic E-state index is 11.8. The van der Waals surface area contributed by atoms with Crippen LogP contribution in [-0.2, 0) is 0 Å². The average molecular weight is 214 g/mol. The molecule has 0 amide bonds. The van der Waals surface area contributed by atoms with Crippen molar-refractivity contribution < 1.29 is 4.52 Å². The Morgan fingerprint density at radius 1 is 1.19 bits per heavy atom. The van der Waals surface area contributed by atoms with Crippen molar-refractivity contribution in [1.82, 2.24) is 19.9 Å². The van der Waals surface area contributed by atoms with E-state index in [4.69, 9.17) is 4.52 Å². The third-order valence-corrected chi connectivity index (χ3v) is 2.26. The monoisotopic (exact) mass is 214 g/mol. The first-order valence-electron chi connectivity index (χ1n) is 4.60. The Morgan fingerprint density at radius 2 is 2.12 bits per heavy atom. The van der Waals surface area contributed by atoms with E-state index in [2.05, 4.69) is 15.4 Å². The number of nitrogens with zero attached hydrogens (tertiary/aromatic N) is 4. The number of aromatic nitrogens is 4. The zero-order valence-corrected chi connectivity index (χ0v) is 8.07. The van der Waals surface area contributed by atoms with Crippen molar-refractivity contribution >= 4 is 10.9 Å². The Hall–Kier alpha value is -2.50. The molecule has 0 N–H and O–H groups in total. The Balaban J connectivity index is 2.47. The summed E-state index contributed by atoms with van der Waals surface area (Å²) in [6.45, 7) is 0. The largest absolute Gasteiger partial charge is 0.318 e. The topological polar surface area (TPSA) is 73.8 Å². The van der Waals surface area contributed by atoms with Crippen LogP contribution < -0.4 is 5.56 Å². The highest BCUT2D eigenvalue weighted by Crippen LogP contribution is 2.13. The van der Waals surface area contributed by atoms with E-state index in [1.54, 1.807) is 24.5 Å². The summed E-state index contributed by atoms with van der Waals surface area (Å²) >= 11 is 0. The lowest BCUT2D eigenvalue weighted by atomic mass is 10.2. The smallest absolute Gasteiger partial charge is 0.259 e. The van der Waals surface area contributed by atoms with Crippen LogP contribution in [0, 0.1) is 0 Å². The highest BCUT2D eigenvalue weighted by molar-refractivity contribution is 5.78. The summed E-state index contributed by atoms with van der Waals surface area (Å²) in [6, 6.07) is 4.90. The fraction of sp³-hybridized carbons (Fsp3) is 0. The van der Waals surface area contributed by atoms with Crippen LogP contribution in [0.3, 0.4) is 0 Å². The van der Waals surface area contributed by atoms with E-state index in [-0.39, 0.29) is 5.56 Å². The lowest BCUT2D eigenvalue weighted by Gasteiger charge is -2.04. The van der Waals surface area contributed by atoms with Gasteiger partial charge in [-0.2, -0.15) is 0 Å². The molecule has 3 aromatic heterocycles. The second kappa shape index (κ2) is 3.27. The van der Waals surface area contributed by atoms with Crippen molar-refractivity contribution in [1.29, 1.82) is 0 Å². The van der Waals surface area contributed by atoms with Gasteiger partial charge in [-0.1, -0.05) is 0 Å². The van der Waals surface area contributed by atoms with Crippen molar-refractivity contribution in [2.45, 2.75) is 0 Å². The molecule has 3 heterocycles. The van der Waals surface area contributed by atoms with Crippen LogP contribution in [0.5, 0.6) is 0 Å². The lowest BCUT2D eigenvalue weighted by molar-refractivity contribution is 0.382. The van der Waals surface area contributed by atoms with E-state index < -0.39 is 0 Å². The van der Waals surface area contributed by atoms with Gasteiger partial charge in [0.25, 0.3) is 11.4 Å². The van der Waals surface area contributed by atoms with Gasteiger partial charge in [0, 0.05) is 29.1 Å². The van der Waals surface area contributed by atoms with Gasteiger partial charge in [0.2, 0.25) is 0 Å². The van der Waals surface area contributed by atoms with Gasteiger partial charge in [-0.05, 0) is 12.1 Å². The highest BCUT2D eigenvalue weighted by atomic mass is 16.5. The molecule has 0 spiro atoms. The molecule has 0 unspecified atom stereocenters. The van der Waals surface area contributed by atoms with E-state index in [9.17, 15) is 4.79 Å². The van der Waals surface area contributed by atoms with Gasteiger partial charge in [0.1, 0.15) is 6.20 Å². The van der Waals surface area contributed by atoms with E-state index in [0.717, 1.165) is 5.39 Å². The van der Waals surface area contributed by atoms with E-state index in [0.29, 0.717) is 11.4 Å². The molecule has 6 heteroatoms. The Morgan fingerprint density at radius 3 is 2.94 bits per heavy atom. The molecule has 0 radical (unpaired) electrons. The van der Waals surface area contributed by atoms with Gasteiger partial charge in [-0.15, -0.1) is 5.10 Å². The molecule has 0 aliphatic carbocycles. The van der Waals surface area contributed by atoms with E-state index in [1.807, 2.05) is 0 Å². The second-order valence-corrected chi connectivity index (χ2v) is 3.20. The summed E-state index contributed by atoms with van der Waals surface area (Å²) < 4.78 is 6.29. The van der Waals surface area contributed by atoms with Gasteiger partial charge in [0.15, 0.2) is 0 Å². The van der Waals surface area contributed by atoms with Gasteiger partial charge in [-0.25, -0.2) is 4.57 Å². The number of pyridine rings is 2. The summed E-state index contributed by atoms with van der Waals surface area (Å²) in [4.78, 5) is 15.7. The van der Waals surface area contributed by atoms with Crippen molar-refractivity contribution in [2.24, 2.45) is 0 Å². The summed E-state index contributed by atoms with van der Waals surface area (Å²) in [5.74, 6) is 0.293. The standard InChI is InChI=1S/C10H6N4O2/c15-9-2-1-7-5-11-4-3-8(7)14(9)10-6-12-13-16-10/h1-6H. The molecule has 6 nitrogen and oxygen atoms in total. The summed E-state index contributed by atoms with van der Waals surface area (Å²) in [5, 5.41) is 7.75. The molecule has 0 saturated heterocycles. The zero-order chi connectivity index (χ0) is 11.0. The molecule has 0 saturated carbocycles. The maximum atomic E-state index is 11.8. The SMILES string of the molecule is O=c1ccc2cnccc2n1-c1cnno1. The number of hydrogen-bond acceptors (Lipinski definition) is 5. The second-order valence-electron chi connectivity index (χ2n) is 3.20. The fourth-order valence-electron chi connectivity index (χ4n) is 1.57. The summed E-state index contributed by atoms with van der Waals surface area (Å²) in [7, 11) is 0.